The Labute approximate surface area is 141 Å². The van der Waals surface area contributed by atoms with Gasteiger partial charge in [0.1, 0.15) is 0 Å². The van der Waals surface area contributed by atoms with E-state index in [9.17, 15) is 0 Å². The van der Waals surface area contributed by atoms with Crippen molar-refractivity contribution < 1.29 is 0 Å². The zero-order valence-corrected chi connectivity index (χ0v) is 14.5. The molecule has 5 heteroatoms. The summed E-state index contributed by atoms with van der Waals surface area (Å²) in [5.41, 5.74) is 3.68. The minimum absolute atomic E-state index is 0.634. The summed E-state index contributed by atoms with van der Waals surface area (Å²) in [6, 6.07) is 8.61. The van der Waals surface area contributed by atoms with E-state index in [2.05, 4.69) is 57.9 Å². The van der Waals surface area contributed by atoms with Crippen molar-refractivity contribution in [1.29, 1.82) is 0 Å². The number of pyridine rings is 1. The van der Waals surface area contributed by atoms with Crippen LogP contribution in [0.25, 0.3) is 10.9 Å². The molecule has 1 unspecified atom stereocenters. The van der Waals surface area contributed by atoms with Crippen molar-refractivity contribution in [2.75, 3.05) is 37.6 Å². The van der Waals surface area contributed by atoms with E-state index in [1.165, 1.54) is 21.8 Å². The van der Waals surface area contributed by atoms with E-state index in [4.69, 9.17) is 0 Å². The number of amidine groups is 1. The normalized spacial score (nSPS) is 21.8. The number of rotatable bonds is 1. The van der Waals surface area contributed by atoms with E-state index >= 15 is 0 Å². The molecule has 0 bridgehead atoms. The van der Waals surface area contributed by atoms with Crippen molar-refractivity contribution in [3.8, 4) is 0 Å². The highest BCUT2D eigenvalue weighted by Crippen LogP contribution is 2.29. The van der Waals surface area contributed by atoms with Crippen LogP contribution in [0.3, 0.4) is 0 Å². The maximum absolute atomic E-state index is 4.68. The van der Waals surface area contributed by atoms with Gasteiger partial charge in [-0.25, -0.2) is 0 Å². The van der Waals surface area contributed by atoms with Crippen LogP contribution in [0.2, 0.25) is 0 Å². The van der Waals surface area contributed by atoms with Gasteiger partial charge in [0, 0.05) is 48.7 Å². The smallest absolute Gasteiger partial charge is 0.159 e. The summed E-state index contributed by atoms with van der Waals surface area (Å²) in [4.78, 5) is 14.2. The molecule has 3 heterocycles. The minimum Gasteiger partial charge on any atom is -0.367 e. The third-order valence-corrected chi connectivity index (χ3v) is 5.78. The quantitative estimate of drug-likeness (QED) is 0.806. The Morgan fingerprint density at radius 1 is 1.09 bits per heavy atom. The number of thioether (sulfide) groups is 1. The first-order valence-electron chi connectivity index (χ1n) is 8.28. The van der Waals surface area contributed by atoms with Crippen molar-refractivity contribution in [2.24, 2.45) is 4.99 Å². The number of benzene rings is 1. The average Bonchev–Trinajstić information content (AvgIpc) is 3.02. The van der Waals surface area contributed by atoms with Crippen LogP contribution < -0.4 is 4.90 Å². The van der Waals surface area contributed by atoms with Crippen LogP contribution in [0.5, 0.6) is 0 Å². The molecule has 1 aromatic heterocycles. The van der Waals surface area contributed by atoms with Crippen molar-refractivity contribution in [3.63, 3.8) is 0 Å². The second kappa shape index (κ2) is 6.04. The van der Waals surface area contributed by atoms with E-state index in [0.717, 1.165) is 38.2 Å². The minimum atomic E-state index is 0.634. The molecule has 0 N–H and O–H groups in total. The third-order valence-electron chi connectivity index (χ3n) is 4.63. The van der Waals surface area contributed by atoms with Crippen LogP contribution in [-0.4, -0.2) is 53.0 Å². The van der Waals surface area contributed by atoms with E-state index in [1.54, 1.807) is 0 Å². The van der Waals surface area contributed by atoms with Gasteiger partial charge in [-0.15, -0.1) is 0 Å². The number of aryl methyl sites for hydroxylation is 1. The summed E-state index contributed by atoms with van der Waals surface area (Å²) >= 11 is 1.92. The van der Waals surface area contributed by atoms with Gasteiger partial charge in [-0.3, -0.25) is 9.98 Å². The zero-order valence-electron chi connectivity index (χ0n) is 13.7. The number of nitrogens with zero attached hydrogens (tertiary/aromatic N) is 4. The highest BCUT2D eigenvalue weighted by molar-refractivity contribution is 8.14. The standard InChI is InChI=1S/C18H22N4S/c1-13-4-3-5-15-16(6-7-19-17(13)15)21-8-10-22(11-9-21)18-20-12-14(2)23-18/h3-7,14H,8-12H2,1-2H3. The van der Waals surface area contributed by atoms with Gasteiger partial charge < -0.3 is 9.80 Å². The molecule has 4 nitrogen and oxygen atoms in total. The molecule has 0 radical (unpaired) electrons. The van der Waals surface area contributed by atoms with E-state index < -0.39 is 0 Å². The predicted octanol–water partition coefficient (Wildman–Crippen LogP) is 3.16. The lowest BCUT2D eigenvalue weighted by Crippen LogP contribution is -2.48. The number of aromatic nitrogens is 1. The number of para-hydroxylation sites is 1. The van der Waals surface area contributed by atoms with Gasteiger partial charge in [0.05, 0.1) is 12.1 Å². The number of hydrogen-bond donors (Lipinski definition) is 0. The second-order valence-corrected chi connectivity index (χ2v) is 7.73. The third kappa shape index (κ3) is 2.78. The van der Waals surface area contributed by atoms with Gasteiger partial charge in [-0.2, -0.15) is 0 Å². The summed E-state index contributed by atoms with van der Waals surface area (Å²) in [7, 11) is 0. The lowest BCUT2D eigenvalue weighted by atomic mass is 10.1. The SMILES string of the molecule is Cc1cccc2c(N3CCN(C4=NCC(C)S4)CC3)ccnc12. The molecule has 120 valence electrons. The highest BCUT2D eigenvalue weighted by Gasteiger charge is 2.25. The molecule has 2 aromatic rings. The van der Waals surface area contributed by atoms with Gasteiger partial charge >= 0.3 is 0 Å². The molecule has 0 amide bonds. The first kappa shape index (κ1) is 14.8. The summed E-state index contributed by atoms with van der Waals surface area (Å²) in [6.45, 7) is 9.54. The molecule has 1 atom stereocenters. The van der Waals surface area contributed by atoms with Crippen LogP contribution in [0, 0.1) is 6.92 Å². The topological polar surface area (TPSA) is 31.7 Å². The molecule has 0 saturated carbocycles. The molecule has 1 fully saturated rings. The molecular weight excluding hydrogens is 304 g/mol. The maximum Gasteiger partial charge on any atom is 0.159 e. The van der Waals surface area contributed by atoms with Crippen LogP contribution in [0.4, 0.5) is 5.69 Å². The zero-order chi connectivity index (χ0) is 15.8. The molecule has 0 aliphatic carbocycles. The van der Waals surface area contributed by atoms with E-state index in [1.807, 2.05) is 18.0 Å². The summed E-state index contributed by atoms with van der Waals surface area (Å²) in [5, 5.41) is 3.14. The molecule has 1 saturated heterocycles. The van der Waals surface area contributed by atoms with E-state index in [-0.39, 0.29) is 0 Å². The van der Waals surface area contributed by atoms with Crippen LogP contribution in [0.15, 0.2) is 35.5 Å². The fourth-order valence-electron chi connectivity index (χ4n) is 3.36. The molecule has 0 spiro atoms. The van der Waals surface area contributed by atoms with Crippen LogP contribution in [0.1, 0.15) is 12.5 Å². The fourth-order valence-corrected chi connectivity index (χ4v) is 4.35. The lowest BCUT2D eigenvalue weighted by Gasteiger charge is -2.37. The first-order chi connectivity index (χ1) is 11.2. The van der Waals surface area contributed by atoms with Crippen molar-refractivity contribution in [2.45, 2.75) is 19.1 Å². The monoisotopic (exact) mass is 326 g/mol. The summed E-state index contributed by atoms with van der Waals surface area (Å²) < 4.78 is 0. The summed E-state index contributed by atoms with van der Waals surface area (Å²) in [6.07, 6.45) is 1.94. The second-order valence-electron chi connectivity index (χ2n) is 6.33. The van der Waals surface area contributed by atoms with Gasteiger partial charge in [0.25, 0.3) is 0 Å². The molecule has 4 rings (SSSR count). The molecule has 23 heavy (non-hydrogen) atoms. The molecule has 2 aliphatic heterocycles. The average molecular weight is 326 g/mol. The maximum atomic E-state index is 4.68. The number of fused-ring (bicyclic) bond motifs is 1. The number of aliphatic imine (C=N–C) groups is 1. The van der Waals surface area contributed by atoms with Crippen LogP contribution in [-0.2, 0) is 0 Å². The molecule has 2 aliphatic rings. The first-order valence-corrected chi connectivity index (χ1v) is 9.15. The van der Waals surface area contributed by atoms with E-state index in [0.29, 0.717) is 5.25 Å². The summed E-state index contributed by atoms with van der Waals surface area (Å²) in [5.74, 6) is 0. The van der Waals surface area contributed by atoms with Gasteiger partial charge in [0.2, 0.25) is 0 Å². The van der Waals surface area contributed by atoms with Crippen molar-refractivity contribution in [1.82, 2.24) is 9.88 Å². The lowest BCUT2D eigenvalue weighted by molar-refractivity contribution is 0.392. The van der Waals surface area contributed by atoms with Gasteiger partial charge in [0.15, 0.2) is 5.17 Å². The van der Waals surface area contributed by atoms with Gasteiger partial charge in [-0.05, 0) is 18.6 Å². The fraction of sp³-hybridized carbons (Fsp3) is 0.444. The van der Waals surface area contributed by atoms with Gasteiger partial charge in [-0.1, -0.05) is 36.9 Å². The molecular formula is C18H22N4S. The highest BCUT2D eigenvalue weighted by atomic mass is 32.2. The Kier molecular flexibility index (Phi) is 3.89. The Balaban J connectivity index is 1.54. The largest absolute Gasteiger partial charge is 0.367 e. The number of anilines is 1. The molecule has 1 aromatic carbocycles. The van der Waals surface area contributed by atoms with Crippen LogP contribution >= 0.6 is 11.8 Å². The Bertz CT molecular complexity index is 750. The Hall–Kier alpha value is -1.75. The van der Waals surface area contributed by atoms with Crippen molar-refractivity contribution >= 4 is 33.5 Å². The Morgan fingerprint density at radius 3 is 2.61 bits per heavy atom. The van der Waals surface area contributed by atoms with Crippen molar-refractivity contribution in [3.05, 3.63) is 36.0 Å². The number of piperazine rings is 1. The number of hydrogen-bond acceptors (Lipinski definition) is 5. The Morgan fingerprint density at radius 2 is 1.87 bits per heavy atom. The predicted molar refractivity (Wildman–Crippen MR) is 99.6 cm³/mol.